The smallest absolute Gasteiger partial charge is 0.191 e. The van der Waals surface area contributed by atoms with Crippen LogP contribution in [0.2, 0.25) is 0 Å². The number of aliphatic imine (C=N–C) groups is 1. The van der Waals surface area contributed by atoms with Gasteiger partial charge in [0.1, 0.15) is 0 Å². The van der Waals surface area contributed by atoms with Crippen molar-refractivity contribution >= 4 is 29.9 Å². The number of rotatable bonds is 8. The number of morpholine rings is 1. The molecule has 7 nitrogen and oxygen atoms in total. The van der Waals surface area contributed by atoms with E-state index in [9.17, 15) is 0 Å². The van der Waals surface area contributed by atoms with Crippen molar-refractivity contribution < 1.29 is 4.74 Å². The maximum atomic E-state index is 5.52. The molecule has 0 aliphatic carbocycles. The average Bonchev–Trinajstić information content (AvgIpc) is 2.88. The van der Waals surface area contributed by atoms with Gasteiger partial charge in [0.05, 0.1) is 25.5 Å². The summed E-state index contributed by atoms with van der Waals surface area (Å²) >= 11 is 0. The first kappa shape index (κ1) is 25.2. The van der Waals surface area contributed by atoms with Crippen molar-refractivity contribution in [1.29, 1.82) is 0 Å². The van der Waals surface area contributed by atoms with Crippen LogP contribution in [-0.4, -0.2) is 66.1 Å². The van der Waals surface area contributed by atoms with Gasteiger partial charge in [-0.2, -0.15) is 5.10 Å². The van der Waals surface area contributed by atoms with E-state index in [1.165, 1.54) is 17.7 Å². The van der Waals surface area contributed by atoms with E-state index in [1.807, 2.05) is 11.7 Å². The topological polar surface area (TPSA) is 66.7 Å². The Balaban J connectivity index is 0.00000392. The summed E-state index contributed by atoms with van der Waals surface area (Å²) in [7, 11) is 1.98. The van der Waals surface area contributed by atoms with Gasteiger partial charge < -0.3 is 15.4 Å². The second-order valence-electron chi connectivity index (χ2n) is 7.78. The summed E-state index contributed by atoms with van der Waals surface area (Å²) in [6, 6.07) is 0.500. The van der Waals surface area contributed by atoms with E-state index in [4.69, 9.17) is 9.73 Å². The molecule has 8 heteroatoms. The molecule has 1 aliphatic rings. The van der Waals surface area contributed by atoms with E-state index in [0.29, 0.717) is 18.5 Å². The molecule has 1 fully saturated rings. The zero-order chi connectivity index (χ0) is 19.8. The summed E-state index contributed by atoms with van der Waals surface area (Å²) < 4.78 is 7.45. The van der Waals surface area contributed by atoms with E-state index in [0.717, 1.165) is 51.0 Å². The van der Waals surface area contributed by atoms with E-state index in [2.05, 4.69) is 55.3 Å². The molecule has 162 valence electrons. The lowest BCUT2D eigenvalue weighted by Crippen LogP contribution is -2.51. The number of aromatic nitrogens is 2. The second-order valence-corrected chi connectivity index (χ2v) is 7.78. The minimum Gasteiger partial charge on any atom is -0.379 e. The van der Waals surface area contributed by atoms with Crippen molar-refractivity contribution in [2.75, 3.05) is 39.4 Å². The van der Waals surface area contributed by atoms with Crippen molar-refractivity contribution in [3.05, 3.63) is 17.0 Å². The molecule has 0 aromatic carbocycles. The Labute approximate surface area is 187 Å². The first-order valence-corrected chi connectivity index (χ1v) is 10.2. The largest absolute Gasteiger partial charge is 0.379 e. The van der Waals surface area contributed by atoms with Gasteiger partial charge in [0, 0.05) is 50.5 Å². The third-order valence-electron chi connectivity index (χ3n) is 5.21. The summed E-state index contributed by atoms with van der Waals surface area (Å²) in [4.78, 5) is 7.36. The molecule has 0 radical (unpaired) electrons. The number of halogens is 1. The predicted octanol–water partition coefficient (Wildman–Crippen LogP) is 2.46. The Bertz CT molecular complexity index is 610. The van der Waals surface area contributed by atoms with Crippen LogP contribution in [0.15, 0.2) is 4.99 Å². The third-order valence-corrected chi connectivity index (χ3v) is 5.21. The molecule has 0 saturated carbocycles. The van der Waals surface area contributed by atoms with Crippen LogP contribution in [0.3, 0.4) is 0 Å². The molecule has 2 rings (SSSR count). The molecule has 1 atom stereocenters. The van der Waals surface area contributed by atoms with Crippen molar-refractivity contribution in [2.24, 2.45) is 18.0 Å². The van der Waals surface area contributed by atoms with Gasteiger partial charge in [-0.1, -0.05) is 13.8 Å². The molecular formula is C20H39IN6O. The molecule has 1 unspecified atom stereocenters. The third kappa shape index (κ3) is 7.51. The number of aryl methyl sites for hydroxylation is 2. The van der Waals surface area contributed by atoms with Gasteiger partial charge in [-0.15, -0.1) is 24.0 Å². The number of guanidine groups is 1. The van der Waals surface area contributed by atoms with Crippen LogP contribution in [0, 0.1) is 19.8 Å². The first-order chi connectivity index (χ1) is 12.9. The molecule has 2 N–H and O–H groups in total. The fourth-order valence-electron chi connectivity index (χ4n) is 3.61. The van der Waals surface area contributed by atoms with Gasteiger partial charge in [-0.3, -0.25) is 9.58 Å². The highest BCUT2D eigenvalue weighted by molar-refractivity contribution is 14.0. The van der Waals surface area contributed by atoms with Gasteiger partial charge in [0.2, 0.25) is 0 Å². The lowest BCUT2D eigenvalue weighted by molar-refractivity contribution is 0.0132. The van der Waals surface area contributed by atoms with Crippen LogP contribution in [0.25, 0.3) is 0 Å². The highest BCUT2D eigenvalue weighted by Gasteiger charge is 2.22. The van der Waals surface area contributed by atoms with E-state index in [1.54, 1.807) is 0 Å². The number of hydrogen-bond donors (Lipinski definition) is 2. The minimum absolute atomic E-state index is 0. The number of nitrogens with one attached hydrogen (secondary N) is 2. The van der Waals surface area contributed by atoms with Gasteiger partial charge in [-0.25, -0.2) is 4.99 Å². The minimum atomic E-state index is 0. The SMILES string of the molecule is CCNC(=NCc1c(C)nn(C)c1C)NCC(CC(C)C)N1CCOCC1.I. The summed E-state index contributed by atoms with van der Waals surface area (Å²) in [6.07, 6.45) is 1.17. The van der Waals surface area contributed by atoms with Crippen LogP contribution < -0.4 is 10.6 Å². The average molecular weight is 506 g/mol. The highest BCUT2D eigenvalue weighted by Crippen LogP contribution is 2.14. The Morgan fingerprint density at radius 3 is 2.43 bits per heavy atom. The van der Waals surface area contributed by atoms with Crippen molar-refractivity contribution in [1.82, 2.24) is 25.3 Å². The van der Waals surface area contributed by atoms with Crippen LogP contribution >= 0.6 is 24.0 Å². The van der Waals surface area contributed by atoms with Crippen LogP contribution in [0.5, 0.6) is 0 Å². The molecular weight excluding hydrogens is 467 g/mol. The standard InChI is InChI=1S/C20H38N6O.HI/c1-7-21-20(23-14-19-16(4)24-25(6)17(19)5)22-13-18(12-15(2)3)26-8-10-27-11-9-26;/h15,18H,7-14H2,1-6H3,(H2,21,22,23);1H. The normalized spacial score (nSPS) is 16.8. The van der Waals surface area contributed by atoms with Crippen molar-refractivity contribution in [2.45, 2.75) is 53.6 Å². The fraction of sp³-hybridized carbons (Fsp3) is 0.800. The maximum Gasteiger partial charge on any atom is 0.191 e. The Kier molecular flexibility index (Phi) is 11.4. The monoisotopic (exact) mass is 506 g/mol. The lowest BCUT2D eigenvalue weighted by atomic mass is 10.0. The highest BCUT2D eigenvalue weighted by atomic mass is 127. The van der Waals surface area contributed by atoms with Crippen LogP contribution in [-0.2, 0) is 18.3 Å². The van der Waals surface area contributed by atoms with Crippen molar-refractivity contribution in [3.8, 4) is 0 Å². The van der Waals surface area contributed by atoms with Crippen molar-refractivity contribution in [3.63, 3.8) is 0 Å². The summed E-state index contributed by atoms with van der Waals surface area (Å²) in [6.45, 7) is 16.9. The van der Waals surface area contributed by atoms with Crippen LogP contribution in [0.4, 0.5) is 0 Å². The van der Waals surface area contributed by atoms with Crippen LogP contribution in [0.1, 0.15) is 44.1 Å². The molecule has 0 bridgehead atoms. The number of ether oxygens (including phenoxy) is 1. The zero-order valence-corrected chi connectivity index (χ0v) is 20.7. The molecule has 28 heavy (non-hydrogen) atoms. The molecule has 2 heterocycles. The molecule has 1 aromatic rings. The maximum absolute atomic E-state index is 5.52. The van der Waals surface area contributed by atoms with Gasteiger partial charge in [0.15, 0.2) is 5.96 Å². The van der Waals surface area contributed by atoms with Gasteiger partial charge in [-0.05, 0) is 33.1 Å². The van der Waals surface area contributed by atoms with E-state index in [-0.39, 0.29) is 24.0 Å². The van der Waals surface area contributed by atoms with E-state index >= 15 is 0 Å². The second kappa shape index (κ2) is 12.6. The number of hydrogen-bond acceptors (Lipinski definition) is 4. The first-order valence-electron chi connectivity index (χ1n) is 10.2. The van der Waals surface area contributed by atoms with Gasteiger partial charge in [0.25, 0.3) is 0 Å². The lowest BCUT2D eigenvalue weighted by Gasteiger charge is -2.35. The zero-order valence-electron chi connectivity index (χ0n) is 18.4. The molecule has 1 aliphatic heterocycles. The molecule has 1 saturated heterocycles. The summed E-state index contributed by atoms with van der Waals surface area (Å²) in [5.41, 5.74) is 3.44. The molecule has 1 aromatic heterocycles. The Morgan fingerprint density at radius 2 is 1.89 bits per heavy atom. The quantitative estimate of drug-likeness (QED) is 0.322. The van der Waals surface area contributed by atoms with E-state index < -0.39 is 0 Å². The molecule has 0 spiro atoms. The molecule has 0 amide bonds. The summed E-state index contributed by atoms with van der Waals surface area (Å²) in [5, 5.41) is 11.4. The summed E-state index contributed by atoms with van der Waals surface area (Å²) in [5.74, 6) is 1.54. The fourth-order valence-corrected chi connectivity index (χ4v) is 3.61. The Morgan fingerprint density at radius 1 is 1.21 bits per heavy atom. The predicted molar refractivity (Wildman–Crippen MR) is 127 cm³/mol. The Hall–Kier alpha value is -0.870. The number of nitrogens with zero attached hydrogens (tertiary/aromatic N) is 4. The van der Waals surface area contributed by atoms with Gasteiger partial charge >= 0.3 is 0 Å².